The molecule has 1 N–H and O–H groups in total. The lowest BCUT2D eigenvalue weighted by Crippen LogP contribution is -2.33. The number of hydrogen-bond donors (Lipinski definition) is 1. The fraction of sp³-hybridized carbons (Fsp3) is 0.909. The molecule has 0 aliphatic carbocycles. The van der Waals surface area contributed by atoms with Crippen LogP contribution in [0.4, 0.5) is 8.68 Å². The minimum Gasteiger partial charge on any atom is -0.444 e. The average Bonchev–Trinajstić information content (AvgIpc) is 2.10. The molecule has 0 aromatic carbocycles. The van der Waals surface area contributed by atoms with Crippen molar-refractivity contribution in [3.05, 3.63) is 0 Å². The Morgan fingerprint density at radius 2 is 1.89 bits per heavy atom. The summed E-state index contributed by atoms with van der Waals surface area (Å²) in [5.41, 5.74) is -0.544. The van der Waals surface area contributed by atoms with Crippen LogP contribution in [0.5, 0.6) is 0 Å². The zero-order valence-electron chi connectivity index (χ0n) is 11.3. The van der Waals surface area contributed by atoms with Crippen molar-refractivity contribution in [1.29, 1.82) is 0 Å². The van der Waals surface area contributed by atoms with E-state index in [-0.39, 0.29) is 12.3 Å². The first-order chi connectivity index (χ1) is 7.99. The largest absolute Gasteiger partial charge is 0.444 e. The minimum atomic E-state index is -4.40. The molecule has 0 fully saturated rings. The molecule has 0 aromatic heterocycles. The van der Waals surface area contributed by atoms with Gasteiger partial charge in [-0.3, -0.25) is 0 Å². The minimum absolute atomic E-state index is 0.0189. The van der Waals surface area contributed by atoms with E-state index in [9.17, 15) is 17.1 Å². The maximum atomic E-state index is 12.3. The van der Waals surface area contributed by atoms with Gasteiger partial charge in [0.15, 0.2) is 0 Å². The second-order valence-electron chi connectivity index (χ2n) is 5.35. The van der Waals surface area contributed by atoms with E-state index >= 15 is 0 Å². The van der Waals surface area contributed by atoms with Crippen molar-refractivity contribution in [3.8, 4) is 0 Å². The molecule has 0 saturated heterocycles. The number of ether oxygens (including phenoxy) is 1. The summed E-state index contributed by atoms with van der Waals surface area (Å²) in [6.07, 6.45) is 0.316. The molecule has 0 aliphatic rings. The summed E-state index contributed by atoms with van der Waals surface area (Å²) in [5, 5.41) is 2.56. The Morgan fingerprint density at radius 3 is 2.33 bits per heavy atom. The molecule has 5 nitrogen and oxygen atoms in total. The van der Waals surface area contributed by atoms with Gasteiger partial charge in [-0.2, -0.15) is 8.42 Å². The molecule has 7 heteroatoms. The predicted molar refractivity (Wildman–Crippen MR) is 67.5 cm³/mol. The summed E-state index contributed by atoms with van der Waals surface area (Å²) in [6, 6.07) is 0. The molecule has 1 amide bonds. The first kappa shape index (κ1) is 17.2. The van der Waals surface area contributed by atoms with Crippen LogP contribution < -0.4 is 5.32 Å². The molecular weight excluding hydrogens is 261 g/mol. The van der Waals surface area contributed by atoms with Crippen molar-refractivity contribution < 1.29 is 21.8 Å². The van der Waals surface area contributed by atoms with E-state index in [0.29, 0.717) is 13.0 Å². The number of nitrogens with one attached hydrogen (secondary N) is 1. The first-order valence-electron chi connectivity index (χ1n) is 5.89. The van der Waals surface area contributed by atoms with Gasteiger partial charge in [-0.05, 0) is 39.5 Å². The Morgan fingerprint density at radius 1 is 1.33 bits per heavy atom. The van der Waals surface area contributed by atoms with E-state index in [4.69, 9.17) is 4.74 Å². The first-order valence-corrected chi connectivity index (χ1v) is 7.44. The maximum Gasteiger partial charge on any atom is 0.407 e. The highest BCUT2D eigenvalue weighted by molar-refractivity contribution is 7.86. The van der Waals surface area contributed by atoms with E-state index in [1.54, 1.807) is 20.8 Å². The molecule has 1 unspecified atom stereocenters. The SMILES string of the molecule is CC(CCNC(=O)OC(C)(C)C)CCS(=O)(=O)F. The third-order valence-electron chi connectivity index (χ3n) is 2.16. The van der Waals surface area contributed by atoms with Crippen LogP contribution in [-0.4, -0.2) is 32.4 Å². The fourth-order valence-electron chi connectivity index (χ4n) is 1.22. The Balaban J connectivity index is 3.75. The van der Waals surface area contributed by atoms with Crippen molar-refractivity contribution in [2.24, 2.45) is 5.92 Å². The molecular formula is C11H22FNO4S. The monoisotopic (exact) mass is 283 g/mol. The summed E-state index contributed by atoms with van der Waals surface area (Å²) >= 11 is 0. The van der Waals surface area contributed by atoms with Crippen molar-refractivity contribution in [2.75, 3.05) is 12.3 Å². The van der Waals surface area contributed by atoms with Gasteiger partial charge in [0.2, 0.25) is 0 Å². The highest BCUT2D eigenvalue weighted by Gasteiger charge is 2.16. The molecule has 0 spiro atoms. The zero-order valence-corrected chi connectivity index (χ0v) is 12.1. The van der Waals surface area contributed by atoms with Crippen molar-refractivity contribution in [1.82, 2.24) is 5.32 Å². The van der Waals surface area contributed by atoms with Gasteiger partial charge in [0.05, 0.1) is 5.75 Å². The summed E-state index contributed by atoms with van der Waals surface area (Å²) in [4.78, 5) is 11.3. The molecule has 0 heterocycles. The second kappa shape index (κ2) is 6.92. The predicted octanol–water partition coefficient (Wildman–Crippen LogP) is 2.23. The van der Waals surface area contributed by atoms with E-state index in [2.05, 4.69) is 5.32 Å². The molecule has 0 saturated carbocycles. The van der Waals surface area contributed by atoms with Crippen molar-refractivity contribution in [2.45, 2.75) is 46.1 Å². The smallest absolute Gasteiger partial charge is 0.407 e. The number of carbonyl (C=O) groups excluding carboxylic acids is 1. The molecule has 0 aliphatic heterocycles. The van der Waals surface area contributed by atoms with Gasteiger partial charge in [0.1, 0.15) is 5.60 Å². The van der Waals surface area contributed by atoms with Crippen molar-refractivity contribution >= 4 is 16.3 Å². The van der Waals surface area contributed by atoms with E-state index in [1.807, 2.05) is 6.92 Å². The Bertz CT molecular complexity index is 362. The highest BCUT2D eigenvalue weighted by Crippen LogP contribution is 2.10. The molecule has 0 bridgehead atoms. The topological polar surface area (TPSA) is 72.5 Å². The molecule has 0 radical (unpaired) electrons. The van der Waals surface area contributed by atoms with Crippen LogP contribution in [0.2, 0.25) is 0 Å². The lowest BCUT2D eigenvalue weighted by Gasteiger charge is -2.20. The average molecular weight is 283 g/mol. The third kappa shape index (κ3) is 11.6. The molecule has 1 atom stereocenters. The van der Waals surface area contributed by atoms with Crippen LogP contribution in [0.3, 0.4) is 0 Å². The summed E-state index contributed by atoms with van der Waals surface area (Å²) < 4.78 is 37.9. The van der Waals surface area contributed by atoms with Gasteiger partial charge < -0.3 is 10.1 Å². The lowest BCUT2D eigenvalue weighted by atomic mass is 10.1. The molecule has 0 aromatic rings. The summed E-state index contributed by atoms with van der Waals surface area (Å²) in [7, 11) is -4.40. The lowest BCUT2D eigenvalue weighted by molar-refractivity contribution is 0.0525. The number of rotatable bonds is 6. The third-order valence-corrected chi connectivity index (χ3v) is 2.88. The van der Waals surface area contributed by atoms with Crippen LogP contribution in [0.15, 0.2) is 0 Å². The number of hydrogen-bond acceptors (Lipinski definition) is 4. The quantitative estimate of drug-likeness (QED) is 0.759. The fourth-order valence-corrected chi connectivity index (χ4v) is 1.91. The second-order valence-corrected chi connectivity index (χ2v) is 6.84. The maximum absolute atomic E-state index is 12.3. The Hall–Kier alpha value is -0.850. The zero-order chi connectivity index (χ0) is 14.4. The van der Waals surface area contributed by atoms with Gasteiger partial charge in [0, 0.05) is 6.54 Å². The van der Waals surface area contributed by atoms with Gasteiger partial charge >= 0.3 is 16.3 Å². The van der Waals surface area contributed by atoms with Gasteiger partial charge in [-0.25, -0.2) is 4.79 Å². The van der Waals surface area contributed by atoms with Crippen LogP contribution in [-0.2, 0) is 15.0 Å². The Kier molecular flexibility index (Phi) is 6.59. The van der Waals surface area contributed by atoms with Crippen LogP contribution in [0.25, 0.3) is 0 Å². The molecule has 108 valence electrons. The number of carbonyl (C=O) groups is 1. The Labute approximate surface area is 108 Å². The number of alkyl carbamates (subject to hydrolysis) is 1. The van der Waals surface area contributed by atoms with E-state index < -0.39 is 27.7 Å². The van der Waals surface area contributed by atoms with Gasteiger partial charge in [0.25, 0.3) is 0 Å². The van der Waals surface area contributed by atoms with E-state index in [0.717, 1.165) is 0 Å². The molecule has 0 rings (SSSR count). The van der Waals surface area contributed by atoms with Crippen LogP contribution in [0.1, 0.15) is 40.5 Å². The van der Waals surface area contributed by atoms with E-state index in [1.165, 1.54) is 0 Å². The number of halogens is 1. The highest BCUT2D eigenvalue weighted by atomic mass is 32.3. The van der Waals surface area contributed by atoms with Crippen LogP contribution >= 0.6 is 0 Å². The van der Waals surface area contributed by atoms with Crippen molar-refractivity contribution in [3.63, 3.8) is 0 Å². The summed E-state index contributed by atoms with van der Waals surface area (Å²) in [6.45, 7) is 7.48. The van der Waals surface area contributed by atoms with Gasteiger partial charge in [-0.1, -0.05) is 6.92 Å². The number of amides is 1. The van der Waals surface area contributed by atoms with Gasteiger partial charge in [-0.15, -0.1) is 3.89 Å². The summed E-state index contributed by atoms with van der Waals surface area (Å²) in [5.74, 6) is -0.453. The molecule has 18 heavy (non-hydrogen) atoms. The standard InChI is InChI=1S/C11H22FNO4S/c1-9(6-8-18(12,15)16)5-7-13-10(14)17-11(2,3)4/h9H,5-8H2,1-4H3,(H,13,14). The normalized spacial score (nSPS) is 14.1. The van der Waals surface area contributed by atoms with Crippen LogP contribution in [0, 0.1) is 5.92 Å².